The Morgan fingerprint density at radius 3 is 1.00 bits per heavy atom. The van der Waals surface area contributed by atoms with Crippen LogP contribution < -0.4 is 88.7 Å². The van der Waals surface area contributed by atoms with Crippen molar-refractivity contribution in [1.82, 2.24) is 0 Å². The van der Waals surface area contributed by atoms with E-state index >= 15 is 0 Å². The fraction of sp³-hybridized carbons (Fsp3) is 0. The minimum Gasteiger partial charge on any atom is -0.780 e. The molecule has 0 aromatic heterocycles. The molecular weight excluding hydrogens is 341 g/mol. The number of hydrogen-bond donors (Lipinski definition) is 3. The van der Waals surface area contributed by atoms with Crippen LogP contribution in [0.15, 0.2) is 0 Å². The van der Waals surface area contributed by atoms with E-state index in [0.29, 0.717) is 0 Å². The van der Waals surface area contributed by atoms with Gasteiger partial charge in [-0.3, -0.25) is 13.3 Å². The zero-order valence-electron chi connectivity index (χ0n) is 8.42. The Hall–Kier alpha value is 3.43. The van der Waals surface area contributed by atoms with Crippen molar-refractivity contribution in [3.8, 4) is 0 Å². The van der Waals surface area contributed by atoms with E-state index in [9.17, 15) is 0 Å². The molecule has 0 aliphatic rings. The normalized spacial score (nSPS) is 9.69. The predicted molar refractivity (Wildman–Crippen MR) is 42.0 cm³/mol. The van der Waals surface area contributed by atoms with Crippen LogP contribution in [-0.4, -0.2) is 39.9 Å². The van der Waals surface area contributed by atoms with Crippen molar-refractivity contribution in [2.45, 2.75) is 0 Å². The molecule has 0 aliphatic carbocycles. The maximum Gasteiger partial charge on any atom is 1.00 e. The third kappa shape index (κ3) is 400. The van der Waals surface area contributed by atoms with E-state index in [-0.39, 0.29) is 88.7 Å². The van der Waals surface area contributed by atoms with Gasteiger partial charge in [0, 0.05) is 0 Å². The summed E-state index contributed by atoms with van der Waals surface area (Å²) in [5.74, 6) is 0. The Kier molecular flexibility index (Phi) is 53.8. The Morgan fingerprint density at radius 1 is 1.00 bits per heavy atom. The van der Waals surface area contributed by atoms with Gasteiger partial charge in [0.1, 0.15) is 0 Å². The van der Waals surface area contributed by atoms with Crippen molar-refractivity contribution in [2.75, 3.05) is 0 Å². The molecule has 0 fully saturated rings. The van der Waals surface area contributed by atoms with Crippen LogP contribution in [0.3, 0.4) is 0 Å². The average Bonchev–Trinajstić information content (AvgIpc) is 1.50. The van der Waals surface area contributed by atoms with E-state index in [4.69, 9.17) is 39.9 Å². The summed E-state index contributed by atoms with van der Waals surface area (Å²) in [4.78, 5) is 0. The molecule has 0 aromatic carbocycles. The van der Waals surface area contributed by atoms with E-state index in [1.165, 1.54) is 0 Å². The molecule has 1 atom stereocenters. The second kappa shape index (κ2) is 23.5. The van der Waals surface area contributed by atoms with Gasteiger partial charge in [-0.1, -0.05) is 0 Å². The second-order valence-corrected chi connectivity index (χ2v) is 3.79. The third-order valence-corrected chi connectivity index (χ3v) is 0. The molecule has 1 unspecified atom stereocenters. The summed E-state index contributed by atoms with van der Waals surface area (Å²) in [6.45, 7) is 0. The Balaban J connectivity index is -0.0000000216. The molecule has 0 radical (unpaired) electrons. The average molecular weight is 344 g/mol. The maximum absolute atomic E-state index is 8.89. The van der Waals surface area contributed by atoms with Crippen molar-refractivity contribution < 1.29 is 129 Å². The van der Waals surface area contributed by atoms with Crippen molar-refractivity contribution in [1.29, 1.82) is 0 Å². The molecule has 0 bridgehead atoms. The van der Waals surface area contributed by atoms with E-state index in [2.05, 4.69) is 11.2 Å². The van der Waals surface area contributed by atoms with E-state index in [0.717, 1.165) is 0 Å². The summed E-state index contributed by atoms with van der Waals surface area (Å²) in [5, 5.41) is 0. The first kappa shape index (κ1) is 36.6. The van der Waals surface area contributed by atoms with Crippen LogP contribution in [0.4, 0.5) is 0 Å². The summed E-state index contributed by atoms with van der Waals surface area (Å²) in [7, 11) is -4.33. The molecule has 16 heteroatoms. The minimum absolute atomic E-state index is 0. The van der Waals surface area contributed by atoms with Crippen LogP contribution in [0.5, 0.6) is 0 Å². The van der Waals surface area contributed by atoms with Crippen LogP contribution in [-0.2, 0) is 43.0 Å². The van der Waals surface area contributed by atoms with Gasteiger partial charge in [0.2, 0.25) is 0 Å². The van der Waals surface area contributed by atoms with Crippen LogP contribution in [0.1, 0.15) is 0 Å². The van der Waals surface area contributed by atoms with Crippen molar-refractivity contribution >= 4 is 43.0 Å². The van der Waals surface area contributed by atoms with Crippen LogP contribution in [0, 0.1) is 0 Å². The minimum atomic E-state index is -4.33. The number of rotatable bonds is 0. The first-order valence-electron chi connectivity index (χ1n) is 1.71. The van der Waals surface area contributed by atoms with Crippen LogP contribution >= 0.6 is 0 Å². The van der Waals surface area contributed by atoms with Gasteiger partial charge in [0.15, 0.2) is 0 Å². The summed E-state index contributed by atoms with van der Waals surface area (Å²) in [6.07, 6.45) is 0. The molecule has 0 heterocycles. The fourth-order valence-corrected chi connectivity index (χ4v) is 0. The van der Waals surface area contributed by atoms with Gasteiger partial charge in [-0.2, -0.15) is 4.21 Å². The molecule has 9 nitrogen and oxygen atoms in total. The first-order valence-corrected chi connectivity index (χ1v) is 6.14. The molecule has 0 amide bonds. The second-order valence-electron chi connectivity index (χ2n) is 0.856. The summed E-state index contributed by atoms with van der Waals surface area (Å²) < 4.78 is 73.6. The first-order chi connectivity index (χ1) is 5.46. The number of hydrogen-bond acceptors (Lipinski definition) is 7. The molecule has 0 saturated heterocycles. The van der Waals surface area contributed by atoms with Gasteiger partial charge < -0.3 is 18.2 Å². The standard InChI is InChI=1S/3Na.H2O3S2.2H2O3S/c;;;1-5(2,3)4;2*1-4(2)3/h;;;(H2,1,2,3,4);2*(H2,1,2,3)/q3*+1;;;/p-3. The Bertz CT molecular complexity index is 217. The predicted octanol–water partition coefficient (Wildman–Crippen LogP) is -11.0. The smallest absolute Gasteiger partial charge is 0.780 e. The van der Waals surface area contributed by atoms with Gasteiger partial charge in [0.05, 0.1) is 11.4 Å². The molecule has 3 N–H and O–H groups in total. The van der Waals surface area contributed by atoms with E-state index in [1.807, 2.05) is 0 Å². The van der Waals surface area contributed by atoms with Crippen molar-refractivity contribution in [2.24, 2.45) is 0 Å². The van der Waals surface area contributed by atoms with Gasteiger partial charge >= 0.3 is 88.7 Å². The topological polar surface area (TPSA) is 181 Å². The molecule has 0 rings (SSSR count). The van der Waals surface area contributed by atoms with Crippen molar-refractivity contribution in [3.05, 3.63) is 0 Å². The molecular formula is H3Na3O9S4. The van der Waals surface area contributed by atoms with Gasteiger partial charge in [0.25, 0.3) is 11.4 Å². The fourth-order valence-electron chi connectivity index (χ4n) is 0. The SMILES string of the molecule is O=S(O)O.O=S([O-])([O-])=S.O=S([O-])O.[Na+].[Na+].[Na+]. The summed E-state index contributed by atoms with van der Waals surface area (Å²) >= 11 is -2.23. The molecule has 0 aromatic rings. The Labute approximate surface area is 168 Å². The summed E-state index contributed by atoms with van der Waals surface area (Å²) in [6, 6.07) is 0. The quantitative estimate of drug-likeness (QED) is 0.282. The largest absolute Gasteiger partial charge is 1.00 e. The van der Waals surface area contributed by atoms with Crippen LogP contribution in [0.2, 0.25) is 0 Å². The van der Waals surface area contributed by atoms with E-state index < -0.39 is 31.8 Å². The van der Waals surface area contributed by atoms with E-state index in [1.54, 1.807) is 0 Å². The van der Waals surface area contributed by atoms with Gasteiger partial charge in [-0.15, -0.1) is 9.05 Å². The molecule has 0 saturated carbocycles. The molecule has 0 aliphatic heterocycles. The summed E-state index contributed by atoms with van der Waals surface area (Å²) in [5.41, 5.74) is 0. The zero-order chi connectivity index (χ0) is 11.7. The van der Waals surface area contributed by atoms with Crippen molar-refractivity contribution in [3.63, 3.8) is 0 Å². The maximum atomic E-state index is 8.89. The molecule has 84 valence electrons. The molecule has 0 spiro atoms. The van der Waals surface area contributed by atoms with Gasteiger partial charge in [-0.25, -0.2) is 4.21 Å². The Morgan fingerprint density at radius 2 is 1.00 bits per heavy atom. The zero-order valence-corrected chi connectivity index (χ0v) is 17.7. The molecule has 16 heavy (non-hydrogen) atoms. The third-order valence-electron chi connectivity index (χ3n) is 0. The van der Waals surface area contributed by atoms with Gasteiger partial charge in [-0.05, 0) is 11.2 Å². The van der Waals surface area contributed by atoms with Crippen LogP contribution in [0.25, 0.3) is 0 Å². The monoisotopic (exact) mass is 344 g/mol.